The number of fused-ring (bicyclic) bond motifs is 2. The van der Waals surface area contributed by atoms with E-state index in [4.69, 9.17) is 16.3 Å². The van der Waals surface area contributed by atoms with E-state index in [1.54, 1.807) is 18.3 Å². The van der Waals surface area contributed by atoms with Crippen LogP contribution in [-0.4, -0.2) is 38.8 Å². The second-order valence-corrected chi connectivity index (χ2v) is 7.24. The van der Waals surface area contributed by atoms with Crippen LogP contribution in [0, 0.1) is 0 Å². The molecule has 146 valence electrons. The molecule has 4 rings (SSSR count). The molecule has 0 saturated heterocycles. The van der Waals surface area contributed by atoms with Crippen molar-refractivity contribution in [3.8, 4) is 5.75 Å². The fourth-order valence-electron chi connectivity index (χ4n) is 3.47. The molecule has 0 aliphatic carbocycles. The lowest BCUT2D eigenvalue weighted by Gasteiger charge is -2.10. The molecule has 7 nitrogen and oxygen atoms in total. The average Bonchev–Trinajstić information content (AvgIpc) is 2.94. The van der Waals surface area contributed by atoms with Crippen molar-refractivity contribution in [2.24, 2.45) is 0 Å². The van der Waals surface area contributed by atoms with E-state index in [1.165, 1.54) is 12.8 Å². The van der Waals surface area contributed by atoms with E-state index in [9.17, 15) is 4.79 Å². The van der Waals surface area contributed by atoms with E-state index in [1.807, 2.05) is 12.1 Å². The Hall–Kier alpha value is -2.67. The molecule has 0 fully saturated rings. The van der Waals surface area contributed by atoms with Gasteiger partial charge < -0.3 is 14.6 Å². The molecule has 8 heteroatoms. The van der Waals surface area contributed by atoms with Gasteiger partial charge in [0.1, 0.15) is 22.9 Å². The molecule has 0 bridgehead atoms. The van der Waals surface area contributed by atoms with Crippen LogP contribution in [0.4, 0.5) is 0 Å². The normalized spacial score (nSPS) is 13.8. The van der Waals surface area contributed by atoms with Crippen LogP contribution in [0.15, 0.2) is 30.5 Å². The summed E-state index contributed by atoms with van der Waals surface area (Å²) in [5.74, 6) is 2.35. The highest BCUT2D eigenvalue weighted by Gasteiger charge is 2.15. The zero-order valence-corrected chi connectivity index (χ0v) is 16.3. The summed E-state index contributed by atoms with van der Waals surface area (Å²) in [5, 5.41) is 12.9. The third-order valence-electron chi connectivity index (χ3n) is 4.90. The highest BCUT2D eigenvalue weighted by Crippen LogP contribution is 2.29. The minimum Gasteiger partial charge on any atom is -0.481 e. The first-order valence-corrected chi connectivity index (χ1v) is 9.94. The van der Waals surface area contributed by atoms with Crippen LogP contribution >= 0.6 is 11.6 Å². The van der Waals surface area contributed by atoms with Gasteiger partial charge in [0.2, 0.25) is 0 Å². The quantitative estimate of drug-likeness (QED) is 0.689. The summed E-state index contributed by atoms with van der Waals surface area (Å²) in [6.45, 7) is 1.39. The molecule has 1 amide bonds. The lowest BCUT2D eigenvalue weighted by molar-refractivity contribution is -0.123. The van der Waals surface area contributed by atoms with E-state index in [0.717, 1.165) is 36.4 Å². The van der Waals surface area contributed by atoms with Crippen molar-refractivity contribution in [1.29, 1.82) is 0 Å². The number of nitrogens with one attached hydrogen (secondary N) is 1. The van der Waals surface area contributed by atoms with Gasteiger partial charge in [-0.05, 0) is 37.1 Å². The molecule has 1 N–H and O–H groups in total. The van der Waals surface area contributed by atoms with Crippen molar-refractivity contribution in [1.82, 2.24) is 25.1 Å². The number of aryl methyl sites for hydroxylation is 1. The Morgan fingerprint density at radius 2 is 2.14 bits per heavy atom. The van der Waals surface area contributed by atoms with Crippen LogP contribution in [0.1, 0.15) is 30.9 Å². The molecule has 0 atom stereocenters. The van der Waals surface area contributed by atoms with Crippen molar-refractivity contribution in [2.45, 2.75) is 38.6 Å². The molecule has 3 aromatic rings. The summed E-state index contributed by atoms with van der Waals surface area (Å²) >= 11 is 6.18. The highest BCUT2D eigenvalue weighted by molar-refractivity contribution is 6.35. The van der Waals surface area contributed by atoms with Gasteiger partial charge >= 0.3 is 0 Å². The molecule has 2 aromatic heterocycles. The number of benzene rings is 1. The number of carbonyl (C=O) groups excluding carboxylic acids is 1. The van der Waals surface area contributed by atoms with Gasteiger partial charge in [0, 0.05) is 37.5 Å². The lowest BCUT2D eigenvalue weighted by Crippen LogP contribution is -2.31. The average molecular weight is 400 g/mol. The number of nitrogens with zero attached hydrogens (tertiary/aromatic N) is 4. The summed E-state index contributed by atoms with van der Waals surface area (Å²) in [6.07, 6.45) is 6.86. The predicted molar refractivity (Wildman–Crippen MR) is 107 cm³/mol. The van der Waals surface area contributed by atoms with E-state index in [-0.39, 0.29) is 12.5 Å². The van der Waals surface area contributed by atoms with E-state index in [0.29, 0.717) is 29.3 Å². The third kappa shape index (κ3) is 4.09. The number of rotatable bonds is 6. The molecule has 1 aromatic carbocycles. The van der Waals surface area contributed by atoms with Gasteiger partial charge in [-0.3, -0.25) is 9.78 Å². The van der Waals surface area contributed by atoms with Crippen molar-refractivity contribution in [3.05, 3.63) is 47.1 Å². The van der Waals surface area contributed by atoms with Crippen molar-refractivity contribution in [3.63, 3.8) is 0 Å². The zero-order valence-electron chi connectivity index (χ0n) is 15.5. The topological polar surface area (TPSA) is 81.9 Å². The first-order valence-electron chi connectivity index (χ1n) is 9.56. The molecular weight excluding hydrogens is 378 g/mol. The van der Waals surface area contributed by atoms with Gasteiger partial charge in [0.05, 0.1) is 5.02 Å². The maximum Gasteiger partial charge on any atom is 0.257 e. The first-order chi connectivity index (χ1) is 13.7. The van der Waals surface area contributed by atoms with Gasteiger partial charge in [-0.1, -0.05) is 18.0 Å². The van der Waals surface area contributed by atoms with Crippen LogP contribution < -0.4 is 10.1 Å². The summed E-state index contributed by atoms with van der Waals surface area (Å²) in [5.41, 5.74) is 0.647. The molecule has 0 saturated carbocycles. The number of amides is 1. The molecule has 0 unspecified atom stereocenters. The second-order valence-electron chi connectivity index (χ2n) is 6.83. The van der Waals surface area contributed by atoms with Crippen LogP contribution in [0.2, 0.25) is 5.02 Å². The second kappa shape index (κ2) is 8.56. The number of ether oxygens (including phenoxy) is 1. The van der Waals surface area contributed by atoms with Gasteiger partial charge in [-0.2, -0.15) is 0 Å². The Labute approximate surface area is 168 Å². The number of hydrogen-bond acceptors (Lipinski definition) is 5. The Bertz CT molecular complexity index is 988. The van der Waals surface area contributed by atoms with E-state index >= 15 is 0 Å². The molecular formula is C20H22ClN5O2. The summed E-state index contributed by atoms with van der Waals surface area (Å²) in [6, 6.07) is 7.17. The first kappa shape index (κ1) is 18.7. The fourth-order valence-corrected chi connectivity index (χ4v) is 3.68. The standard InChI is InChI=1S/C20H22ClN5O2/c21-15-7-8-16(20-14(15)5-4-10-23-20)28-13-19(27)22-11-9-18-25-24-17-6-2-1-3-12-26(17)18/h4-5,7-8,10H,1-3,6,9,11-13H2,(H,22,27). The molecule has 3 heterocycles. The Morgan fingerprint density at radius 3 is 3.07 bits per heavy atom. The van der Waals surface area contributed by atoms with Gasteiger partial charge in [-0.25, -0.2) is 0 Å². The van der Waals surface area contributed by atoms with Crippen molar-refractivity contribution < 1.29 is 9.53 Å². The zero-order chi connectivity index (χ0) is 19.3. The SMILES string of the molecule is O=C(COc1ccc(Cl)c2cccnc12)NCCc1nnc2n1CCCCC2. The van der Waals surface area contributed by atoms with Crippen LogP contribution in [0.5, 0.6) is 5.75 Å². The van der Waals surface area contributed by atoms with Gasteiger partial charge in [-0.15, -0.1) is 10.2 Å². The number of pyridine rings is 1. The molecule has 0 radical (unpaired) electrons. The summed E-state index contributed by atoms with van der Waals surface area (Å²) in [4.78, 5) is 16.5. The fraction of sp³-hybridized carbons (Fsp3) is 0.400. The lowest BCUT2D eigenvalue weighted by atomic mass is 10.2. The predicted octanol–water partition coefficient (Wildman–Crippen LogP) is 2.94. The summed E-state index contributed by atoms with van der Waals surface area (Å²) in [7, 11) is 0. The maximum absolute atomic E-state index is 12.2. The minimum atomic E-state index is -0.186. The van der Waals surface area contributed by atoms with E-state index in [2.05, 4.69) is 25.1 Å². The Morgan fingerprint density at radius 1 is 1.21 bits per heavy atom. The van der Waals surface area contributed by atoms with Gasteiger partial charge in [0.15, 0.2) is 6.61 Å². The summed E-state index contributed by atoms with van der Waals surface area (Å²) < 4.78 is 7.86. The van der Waals surface area contributed by atoms with Crippen molar-refractivity contribution >= 4 is 28.4 Å². The highest BCUT2D eigenvalue weighted by atomic mass is 35.5. The monoisotopic (exact) mass is 399 g/mol. The molecule has 1 aliphatic rings. The number of carbonyl (C=O) groups is 1. The van der Waals surface area contributed by atoms with Crippen molar-refractivity contribution in [2.75, 3.05) is 13.2 Å². The smallest absolute Gasteiger partial charge is 0.257 e. The largest absolute Gasteiger partial charge is 0.481 e. The van der Waals surface area contributed by atoms with Gasteiger partial charge in [0.25, 0.3) is 5.91 Å². The van der Waals surface area contributed by atoms with Crippen LogP contribution in [0.3, 0.4) is 0 Å². The Kier molecular flexibility index (Phi) is 5.71. The molecule has 1 aliphatic heterocycles. The minimum absolute atomic E-state index is 0.0781. The number of halogens is 1. The third-order valence-corrected chi connectivity index (χ3v) is 5.22. The van der Waals surface area contributed by atoms with E-state index < -0.39 is 0 Å². The maximum atomic E-state index is 12.2. The molecule has 0 spiro atoms. The molecule has 28 heavy (non-hydrogen) atoms. The number of aromatic nitrogens is 4. The Balaban J connectivity index is 1.30. The number of hydrogen-bond donors (Lipinski definition) is 1. The van der Waals surface area contributed by atoms with Crippen LogP contribution in [-0.2, 0) is 24.2 Å². The van der Waals surface area contributed by atoms with Crippen LogP contribution in [0.25, 0.3) is 10.9 Å².